The number of nitrogens with two attached hydrogens (primary N) is 2. The van der Waals surface area contributed by atoms with E-state index in [1.807, 2.05) is 0 Å². The minimum absolute atomic E-state index is 0.208. The van der Waals surface area contributed by atoms with Gasteiger partial charge < -0.3 is 21.5 Å². The topological polar surface area (TPSA) is 90.4 Å². The molecule has 100 valence electrons. The Bertz CT molecular complexity index is 405. The number of anilines is 2. The average molecular weight is 251 g/mol. The number of benzene rings is 1. The molecule has 1 amide bonds. The molecule has 5 nitrogen and oxygen atoms in total. The molecule has 0 aromatic heterocycles. The number of hydrogen-bond donors (Lipinski definition) is 3. The number of carbonyl (C=O) groups is 1. The highest BCUT2D eigenvalue weighted by atomic mass is 16.5. The highest BCUT2D eigenvalue weighted by Crippen LogP contribution is 2.15. The van der Waals surface area contributed by atoms with Crippen LogP contribution in [0.3, 0.4) is 0 Å². The van der Waals surface area contributed by atoms with Crippen molar-refractivity contribution in [2.24, 2.45) is 5.92 Å². The summed E-state index contributed by atoms with van der Waals surface area (Å²) in [5.41, 5.74) is 12.7. The molecule has 0 atom stereocenters. The van der Waals surface area contributed by atoms with Crippen LogP contribution in [0.1, 0.15) is 24.2 Å². The molecule has 0 saturated heterocycles. The third kappa shape index (κ3) is 4.63. The molecule has 0 saturated carbocycles. The summed E-state index contributed by atoms with van der Waals surface area (Å²) >= 11 is 0. The number of hydrogen-bond acceptors (Lipinski definition) is 4. The lowest BCUT2D eigenvalue weighted by molar-refractivity contribution is 0.0887. The van der Waals surface area contributed by atoms with Gasteiger partial charge in [0.05, 0.1) is 12.2 Å². The third-order valence-corrected chi connectivity index (χ3v) is 2.30. The fourth-order valence-electron chi connectivity index (χ4n) is 1.44. The number of nitrogens with one attached hydrogen (secondary N) is 1. The summed E-state index contributed by atoms with van der Waals surface area (Å²) in [6.07, 6.45) is 0. The van der Waals surface area contributed by atoms with Crippen molar-refractivity contribution < 1.29 is 9.53 Å². The van der Waals surface area contributed by atoms with Crippen molar-refractivity contribution >= 4 is 17.3 Å². The second-order valence-electron chi connectivity index (χ2n) is 4.57. The van der Waals surface area contributed by atoms with Crippen LogP contribution in [-0.2, 0) is 4.74 Å². The van der Waals surface area contributed by atoms with Crippen LogP contribution in [0.2, 0.25) is 0 Å². The second-order valence-corrected chi connectivity index (χ2v) is 4.57. The van der Waals surface area contributed by atoms with E-state index >= 15 is 0 Å². The first-order chi connectivity index (χ1) is 8.50. The molecular weight excluding hydrogens is 230 g/mol. The van der Waals surface area contributed by atoms with Gasteiger partial charge in [0, 0.05) is 24.5 Å². The van der Waals surface area contributed by atoms with Gasteiger partial charge in [-0.2, -0.15) is 0 Å². The molecule has 0 spiro atoms. The zero-order chi connectivity index (χ0) is 13.5. The summed E-state index contributed by atoms with van der Waals surface area (Å²) in [5.74, 6) is 0.286. The molecule has 0 bridgehead atoms. The van der Waals surface area contributed by atoms with E-state index in [1.54, 1.807) is 18.2 Å². The molecule has 1 aromatic carbocycles. The molecule has 1 aromatic rings. The first kappa shape index (κ1) is 14.3. The van der Waals surface area contributed by atoms with Crippen molar-refractivity contribution in [3.8, 4) is 0 Å². The Labute approximate surface area is 107 Å². The van der Waals surface area contributed by atoms with Crippen LogP contribution in [-0.4, -0.2) is 25.7 Å². The number of rotatable bonds is 6. The Morgan fingerprint density at radius 2 is 2.11 bits per heavy atom. The molecule has 0 aliphatic carbocycles. The maximum atomic E-state index is 11.8. The van der Waals surface area contributed by atoms with Crippen LogP contribution in [0.4, 0.5) is 11.4 Å². The van der Waals surface area contributed by atoms with Gasteiger partial charge in [-0.25, -0.2) is 0 Å². The number of ether oxygens (including phenoxy) is 1. The SMILES string of the molecule is CC(C)COCCNC(=O)c1ccc(N)cc1N. The zero-order valence-corrected chi connectivity index (χ0v) is 10.9. The van der Waals surface area contributed by atoms with Crippen LogP contribution >= 0.6 is 0 Å². The number of carbonyl (C=O) groups excluding carboxylic acids is 1. The largest absolute Gasteiger partial charge is 0.399 e. The van der Waals surface area contributed by atoms with Crippen molar-refractivity contribution in [2.75, 3.05) is 31.2 Å². The van der Waals surface area contributed by atoms with Crippen molar-refractivity contribution in [1.29, 1.82) is 0 Å². The maximum absolute atomic E-state index is 11.8. The summed E-state index contributed by atoms with van der Waals surface area (Å²) in [5, 5.41) is 2.75. The minimum Gasteiger partial charge on any atom is -0.399 e. The lowest BCUT2D eigenvalue weighted by Crippen LogP contribution is -2.28. The molecule has 1 rings (SSSR count). The average Bonchev–Trinajstić information content (AvgIpc) is 2.27. The molecule has 0 radical (unpaired) electrons. The van der Waals surface area contributed by atoms with Gasteiger partial charge in [0.15, 0.2) is 0 Å². The van der Waals surface area contributed by atoms with Crippen molar-refractivity contribution in [2.45, 2.75) is 13.8 Å². The second kappa shape index (κ2) is 6.86. The van der Waals surface area contributed by atoms with Gasteiger partial charge in [-0.3, -0.25) is 4.79 Å². The lowest BCUT2D eigenvalue weighted by atomic mass is 10.1. The van der Waals surface area contributed by atoms with E-state index < -0.39 is 0 Å². The van der Waals surface area contributed by atoms with Crippen LogP contribution in [0.5, 0.6) is 0 Å². The van der Waals surface area contributed by atoms with Gasteiger partial charge in [0.25, 0.3) is 5.91 Å². The minimum atomic E-state index is -0.208. The highest BCUT2D eigenvalue weighted by Gasteiger charge is 2.08. The summed E-state index contributed by atoms with van der Waals surface area (Å²) in [6, 6.07) is 4.85. The summed E-state index contributed by atoms with van der Waals surface area (Å²) in [4.78, 5) is 11.8. The van der Waals surface area contributed by atoms with Gasteiger partial charge in [-0.1, -0.05) is 13.8 Å². The van der Waals surface area contributed by atoms with Gasteiger partial charge in [0.1, 0.15) is 0 Å². The van der Waals surface area contributed by atoms with Crippen LogP contribution in [0.15, 0.2) is 18.2 Å². The van der Waals surface area contributed by atoms with Crippen LogP contribution < -0.4 is 16.8 Å². The number of nitrogen functional groups attached to an aromatic ring is 2. The summed E-state index contributed by atoms with van der Waals surface area (Å²) in [7, 11) is 0. The van der Waals surface area contributed by atoms with Crippen LogP contribution in [0.25, 0.3) is 0 Å². The van der Waals surface area contributed by atoms with Gasteiger partial charge in [-0.05, 0) is 24.1 Å². The van der Waals surface area contributed by atoms with Gasteiger partial charge in [-0.15, -0.1) is 0 Å². The lowest BCUT2D eigenvalue weighted by Gasteiger charge is -2.09. The van der Waals surface area contributed by atoms with E-state index in [9.17, 15) is 4.79 Å². The smallest absolute Gasteiger partial charge is 0.253 e. The first-order valence-corrected chi connectivity index (χ1v) is 6.01. The predicted molar refractivity (Wildman–Crippen MR) is 73.3 cm³/mol. The van der Waals surface area contributed by atoms with E-state index in [0.717, 1.165) is 0 Å². The molecule has 0 heterocycles. The van der Waals surface area contributed by atoms with Crippen molar-refractivity contribution in [3.63, 3.8) is 0 Å². The van der Waals surface area contributed by atoms with Gasteiger partial charge >= 0.3 is 0 Å². The molecule has 5 heteroatoms. The molecular formula is C13H21N3O2. The number of amides is 1. The van der Waals surface area contributed by atoms with E-state index in [1.165, 1.54) is 0 Å². The summed E-state index contributed by atoms with van der Waals surface area (Å²) in [6.45, 7) is 5.81. The van der Waals surface area contributed by atoms with Crippen molar-refractivity contribution in [1.82, 2.24) is 5.32 Å². The molecule has 18 heavy (non-hydrogen) atoms. The van der Waals surface area contributed by atoms with Crippen LogP contribution in [0, 0.1) is 5.92 Å². The fraction of sp³-hybridized carbons (Fsp3) is 0.462. The maximum Gasteiger partial charge on any atom is 0.253 e. The quantitative estimate of drug-likeness (QED) is 0.524. The molecule has 0 aliphatic heterocycles. The molecule has 0 unspecified atom stereocenters. The third-order valence-electron chi connectivity index (χ3n) is 2.30. The fourth-order valence-corrected chi connectivity index (χ4v) is 1.44. The Morgan fingerprint density at radius 1 is 1.39 bits per heavy atom. The standard InChI is InChI=1S/C13H21N3O2/c1-9(2)8-18-6-5-16-13(17)11-4-3-10(14)7-12(11)15/h3-4,7,9H,5-6,8,14-15H2,1-2H3,(H,16,17). The Hall–Kier alpha value is -1.75. The predicted octanol–water partition coefficient (Wildman–Crippen LogP) is 1.25. The summed E-state index contributed by atoms with van der Waals surface area (Å²) < 4.78 is 5.36. The molecule has 0 aliphatic rings. The Kier molecular flexibility index (Phi) is 5.45. The monoisotopic (exact) mass is 251 g/mol. The Morgan fingerprint density at radius 3 is 2.72 bits per heavy atom. The molecule has 5 N–H and O–H groups in total. The van der Waals surface area contributed by atoms with E-state index in [2.05, 4.69) is 19.2 Å². The normalized spacial score (nSPS) is 10.6. The van der Waals surface area contributed by atoms with E-state index in [4.69, 9.17) is 16.2 Å². The molecule has 0 fully saturated rings. The van der Waals surface area contributed by atoms with E-state index in [0.29, 0.717) is 42.6 Å². The van der Waals surface area contributed by atoms with Gasteiger partial charge in [0.2, 0.25) is 0 Å². The highest BCUT2D eigenvalue weighted by molar-refractivity contribution is 5.99. The first-order valence-electron chi connectivity index (χ1n) is 6.01. The Balaban J connectivity index is 2.36. The van der Waals surface area contributed by atoms with Crippen molar-refractivity contribution in [3.05, 3.63) is 23.8 Å². The zero-order valence-electron chi connectivity index (χ0n) is 10.9. The van der Waals surface area contributed by atoms with E-state index in [-0.39, 0.29) is 5.91 Å².